The standard InChI is InChI=1S/C14H18N2O2S/c1-14(2,3)12(18)16-13(19-4)15-11(17)10-8-6-5-7-9-10/h5-9H,1-4H3,(H,15,16,17,18). The third-order valence-corrected chi connectivity index (χ3v) is 2.90. The van der Waals surface area contributed by atoms with Gasteiger partial charge in [-0.3, -0.25) is 9.59 Å². The first-order valence-corrected chi connectivity index (χ1v) is 7.10. The summed E-state index contributed by atoms with van der Waals surface area (Å²) in [6.45, 7) is 5.41. The summed E-state index contributed by atoms with van der Waals surface area (Å²) in [6, 6.07) is 8.76. The Morgan fingerprint density at radius 1 is 1.16 bits per heavy atom. The van der Waals surface area contributed by atoms with Crippen molar-refractivity contribution in [2.75, 3.05) is 6.26 Å². The van der Waals surface area contributed by atoms with Crippen molar-refractivity contribution in [3.63, 3.8) is 0 Å². The van der Waals surface area contributed by atoms with Gasteiger partial charge >= 0.3 is 0 Å². The number of nitrogens with one attached hydrogen (secondary N) is 1. The molecule has 0 aliphatic heterocycles. The molecule has 1 N–H and O–H groups in total. The molecule has 0 atom stereocenters. The van der Waals surface area contributed by atoms with E-state index in [-0.39, 0.29) is 11.8 Å². The Kier molecular flexibility index (Phi) is 5.30. The predicted molar refractivity (Wildman–Crippen MR) is 79.3 cm³/mol. The maximum absolute atomic E-state index is 11.9. The van der Waals surface area contributed by atoms with E-state index in [1.807, 2.05) is 6.07 Å². The van der Waals surface area contributed by atoms with Crippen LogP contribution in [0.3, 0.4) is 0 Å². The van der Waals surface area contributed by atoms with Crippen LogP contribution in [0.5, 0.6) is 0 Å². The number of benzene rings is 1. The van der Waals surface area contributed by atoms with Gasteiger partial charge in [-0.2, -0.15) is 4.99 Å². The van der Waals surface area contributed by atoms with Gasteiger partial charge in [-0.1, -0.05) is 50.7 Å². The fourth-order valence-electron chi connectivity index (χ4n) is 1.15. The Morgan fingerprint density at radius 2 is 1.74 bits per heavy atom. The number of aliphatic imine (C=N–C) groups is 1. The van der Waals surface area contributed by atoms with Gasteiger partial charge in [-0.15, -0.1) is 0 Å². The Bertz CT molecular complexity index is 490. The molecule has 0 spiro atoms. The van der Waals surface area contributed by atoms with E-state index in [9.17, 15) is 9.59 Å². The average Bonchev–Trinajstić information content (AvgIpc) is 2.37. The van der Waals surface area contributed by atoms with Gasteiger partial charge in [0.2, 0.25) is 5.91 Å². The molecule has 5 heteroatoms. The van der Waals surface area contributed by atoms with Crippen LogP contribution < -0.4 is 5.32 Å². The SMILES string of the molecule is CSC(=NC(=O)c1ccccc1)NC(=O)C(C)(C)C. The molecule has 0 fully saturated rings. The molecule has 2 amide bonds. The number of amides is 2. The quantitative estimate of drug-likeness (QED) is 0.634. The molecule has 0 radical (unpaired) electrons. The van der Waals surface area contributed by atoms with Crippen molar-refractivity contribution in [1.29, 1.82) is 0 Å². The highest BCUT2D eigenvalue weighted by Crippen LogP contribution is 2.13. The molecule has 0 bridgehead atoms. The van der Waals surface area contributed by atoms with Gasteiger partial charge < -0.3 is 5.32 Å². The van der Waals surface area contributed by atoms with Crippen LogP contribution in [0.1, 0.15) is 31.1 Å². The monoisotopic (exact) mass is 278 g/mol. The second kappa shape index (κ2) is 6.52. The van der Waals surface area contributed by atoms with E-state index in [0.29, 0.717) is 10.7 Å². The summed E-state index contributed by atoms with van der Waals surface area (Å²) >= 11 is 1.23. The van der Waals surface area contributed by atoms with Crippen molar-refractivity contribution in [3.05, 3.63) is 35.9 Å². The van der Waals surface area contributed by atoms with Crippen LogP contribution in [-0.2, 0) is 4.79 Å². The summed E-state index contributed by atoms with van der Waals surface area (Å²) < 4.78 is 0. The molecule has 0 saturated carbocycles. The van der Waals surface area contributed by atoms with Gasteiger partial charge in [-0.25, -0.2) is 0 Å². The van der Waals surface area contributed by atoms with E-state index >= 15 is 0 Å². The van der Waals surface area contributed by atoms with Crippen molar-refractivity contribution in [1.82, 2.24) is 5.32 Å². The highest BCUT2D eigenvalue weighted by Gasteiger charge is 2.22. The number of hydrogen-bond acceptors (Lipinski definition) is 3. The van der Waals surface area contributed by atoms with Crippen molar-refractivity contribution in [2.45, 2.75) is 20.8 Å². The van der Waals surface area contributed by atoms with Crippen LogP contribution >= 0.6 is 11.8 Å². The van der Waals surface area contributed by atoms with Crippen LogP contribution in [0.15, 0.2) is 35.3 Å². The van der Waals surface area contributed by atoms with Gasteiger partial charge in [0, 0.05) is 11.0 Å². The molecule has 0 unspecified atom stereocenters. The number of carbonyl (C=O) groups is 2. The Balaban J connectivity index is 2.83. The van der Waals surface area contributed by atoms with Crippen LogP contribution in [0.4, 0.5) is 0 Å². The molecule has 19 heavy (non-hydrogen) atoms. The maximum atomic E-state index is 11.9. The molecule has 1 aromatic rings. The number of amidine groups is 1. The number of thioether (sulfide) groups is 1. The lowest BCUT2D eigenvalue weighted by atomic mass is 9.96. The van der Waals surface area contributed by atoms with Gasteiger partial charge in [-0.05, 0) is 18.4 Å². The minimum Gasteiger partial charge on any atom is -0.305 e. The summed E-state index contributed by atoms with van der Waals surface area (Å²) in [6.07, 6.45) is 1.76. The molecule has 0 heterocycles. The zero-order valence-electron chi connectivity index (χ0n) is 11.6. The van der Waals surface area contributed by atoms with E-state index in [1.165, 1.54) is 11.8 Å². The van der Waals surface area contributed by atoms with E-state index in [4.69, 9.17) is 0 Å². The van der Waals surface area contributed by atoms with Crippen LogP contribution in [-0.4, -0.2) is 23.2 Å². The average molecular weight is 278 g/mol. The minimum absolute atomic E-state index is 0.165. The summed E-state index contributed by atoms with van der Waals surface area (Å²) in [4.78, 5) is 27.7. The Morgan fingerprint density at radius 3 is 2.21 bits per heavy atom. The van der Waals surface area contributed by atoms with E-state index in [2.05, 4.69) is 10.3 Å². The molecule has 0 aromatic heterocycles. The lowest BCUT2D eigenvalue weighted by molar-refractivity contribution is -0.126. The van der Waals surface area contributed by atoms with Crippen molar-refractivity contribution in [3.8, 4) is 0 Å². The first kappa shape index (κ1) is 15.4. The topological polar surface area (TPSA) is 58.5 Å². The maximum Gasteiger partial charge on any atom is 0.279 e. The van der Waals surface area contributed by atoms with Gasteiger partial charge in [0.15, 0.2) is 5.17 Å². The molecule has 0 aliphatic carbocycles. The third kappa shape index (κ3) is 4.87. The number of hydrogen-bond donors (Lipinski definition) is 1. The third-order valence-electron chi connectivity index (χ3n) is 2.32. The second-order valence-electron chi connectivity index (χ2n) is 5.00. The molecule has 4 nitrogen and oxygen atoms in total. The predicted octanol–water partition coefficient (Wildman–Crippen LogP) is 2.71. The highest BCUT2D eigenvalue weighted by atomic mass is 32.2. The molecular formula is C14H18N2O2S. The Labute approximate surface area is 117 Å². The summed E-state index contributed by atoms with van der Waals surface area (Å²) in [5, 5.41) is 2.97. The molecule has 1 rings (SSSR count). The van der Waals surface area contributed by atoms with Crippen LogP contribution in [0, 0.1) is 5.41 Å². The molecule has 1 aromatic carbocycles. The fourth-order valence-corrected chi connectivity index (χ4v) is 1.52. The molecular weight excluding hydrogens is 260 g/mol. The lowest BCUT2D eigenvalue weighted by Crippen LogP contribution is -2.38. The van der Waals surface area contributed by atoms with Crippen LogP contribution in [0.2, 0.25) is 0 Å². The molecule has 102 valence electrons. The zero-order valence-corrected chi connectivity index (χ0v) is 12.4. The normalized spacial score (nSPS) is 12.1. The number of carbonyl (C=O) groups excluding carboxylic acids is 2. The first-order valence-electron chi connectivity index (χ1n) is 5.88. The molecule has 0 aliphatic rings. The second-order valence-corrected chi connectivity index (χ2v) is 5.79. The fraction of sp³-hybridized carbons (Fsp3) is 0.357. The van der Waals surface area contributed by atoms with Crippen molar-refractivity contribution >= 4 is 28.7 Å². The summed E-state index contributed by atoms with van der Waals surface area (Å²) in [7, 11) is 0. The van der Waals surface area contributed by atoms with Crippen LogP contribution in [0.25, 0.3) is 0 Å². The van der Waals surface area contributed by atoms with Crippen molar-refractivity contribution in [2.24, 2.45) is 10.4 Å². The van der Waals surface area contributed by atoms with E-state index in [1.54, 1.807) is 51.3 Å². The summed E-state index contributed by atoms with van der Waals surface area (Å²) in [5.41, 5.74) is -0.0224. The smallest absolute Gasteiger partial charge is 0.279 e. The first-order chi connectivity index (χ1) is 8.84. The van der Waals surface area contributed by atoms with Gasteiger partial charge in [0.1, 0.15) is 0 Å². The molecule has 0 saturated heterocycles. The highest BCUT2D eigenvalue weighted by molar-refractivity contribution is 8.13. The number of nitrogens with zero attached hydrogens (tertiary/aromatic N) is 1. The summed E-state index contributed by atoms with van der Waals surface area (Å²) in [5.74, 6) is -0.527. The van der Waals surface area contributed by atoms with E-state index < -0.39 is 5.41 Å². The minimum atomic E-state index is -0.522. The largest absolute Gasteiger partial charge is 0.305 e. The Hall–Kier alpha value is -1.62. The van der Waals surface area contributed by atoms with E-state index in [0.717, 1.165) is 0 Å². The number of rotatable bonds is 1. The van der Waals surface area contributed by atoms with Gasteiger partial charge in [0.25, 0.3) is 5.91 Å². The zero-order chi connectivity index (χ0) is 14.5. The van der Waals surface area contributed by atoms with Gasteiger partial charge in [0.05, 0.1) is 0 Å². The van der Waals surface area contributed by atoms with Crippen molar-refractivity contribution < 1.29 is 9.59 Å². The lowest BCUT2D eigenvalue weighted by Gasteiger charge is -2.17.